The van der Waals surface area contributed by atoms with E-state index in [1.54, 1.807) is 0 Å². The summed E-state index contributed by atoms with van der Waals surface area (Å²) < 4.78 is 0. The van der Waals surface area contributed by atoms with Gasteiger partial charge in [0.15, 0.2) is 0 Å². The van der Waals surface area contributed by atoms with Crippen LogP contribution in [0, 0.1) is 0 Å². The lowest BCUT2D eigenvalue weighted by Gasteiger charge is -2.38. The number of carbonyl (C=O) groups excluding carboxylic acids is 1. The number of hydrogen-bond donors (Lipinski definition) is 1. The standard InChI is InChI=1S/C7H12ClNO/c1-7(3-2-4-7)9-6(10)5-8/h2-5H2,1H3,(H,9,10). The van der Waals surface area contributed by atoms with E-state index in [4.69, 9.17) is 11.6 Å². The number of alkyl halides is 1. The highest BCUT2D eigenvalue weighted by molar-refractivity contribution is 6.27. The molecule has 0 spiro atoms. The van der Waals surface area contributed by atoms with E-state index in [1.807, 2.05) is 0 Å². The highest BCUT2D eigenvalue weighted by Gasteiger charge is 2.32. The molecule has 0 aliphatic heterocycles. The molecule has 58 valence electrons. The summed E-state index contributed by atoms with van der Waals surface area (Å²) in [6.07, 6.45) is 3.41. The fourth-order valence-corrected chi connectivity index (χ4v) is 1.27. The number of carbonyl (C=O) groups is 1. The van der Waals surface area contributed by atoms with Crippen LogP contribution in [0.2, 0.25) is 0 Å². The first kappa shape index (κ1) is 7.86. The van der Waals surface area contributed by atoms with Gasteiger partial charge in [-0.2, -0.15) is 0 Å². The van der Waals surface area contributed by atoms with Crippen molar-refractivity contribution in [2.75, 3.05) is 5.88 Å². The molecule has 1 N–H and O–H groups in total. The lowest BCUT2D eigenvalue weighted by molar-refractivity contribution is -0.121. The molecule has 3 heteroatoms. The minimum absolute atomic E-state index is 0.0520. The Kier molecular flexibility index (Phi) is 2.19. The monoisotopic (exact) mass is 161 g/mol. The molecule has 1 fully saturated rings. The number of halogens is 1. The molecule has 2 nitrogen and oxygen atoms in total. The summed E-state index contributed by atoms with van der Waals surface area (Å²) in [5.74, 6) is 0.0270. The fraction of sp³-hybridized carbons (Fsp3) is 0.857. The molecule has 0 aromatic heterocycles. The van der Waals surface area contributed by atoms with Crippen LogP contribution in [0.1, 0.15) is 26.2 Å². The second-order valence-electron chi connectivity index (χ2n) is 3.10. The van der Waals surface area contributed by atoms with Crippen LogP contribution in [-0.4, -0.2) is 17.3 Å². The van der Waals surface area contributed by atoms with E-state index >= 15 is 0 Å². The van der Waals surface area contributed by atoms with E-state index in [2.05, 4.69) is 12.2 Å². The molecule has 0 saturated heterocycles. The number of hydrogen-bond acceptors (Lipinski definition) is 1. The maximum atomic E-state index is 10.8. The van der Waals surface area contributed by atoms with E-state index in [0.29, 0.717) is 0 Å². The second kappa shape index (κ2) is 2.79. The molecule has 0 aromatic rings. The third kappa shape index (κ3) is 1.63. The smallest absolute Gasteiger partial charge is 0.235 e. The Morgan fingerprint density at radius 3 is 2.60 bits per heavy atom. The molecule has 1 aliphatic carbocycles. The number of rotatable bonds is 2. The van der Waals surface area contributed by atoms with Gasteiger partial charge in [-0.05, 0) is 26.2 Å². The molecule has 1 amide bonds. The molecule has 1 rings (SSSR count). The maximum Gasteiger partial charge on any atom is 0.235 e. The Labute approximate surface area is 65.9 Å². The van der Waals surface area contributed by atoms with Gasteiger partial charge in [-0.15, -0.1) is 11.6 Å². The van der Waals surface area contributed by atoms with Gasteiger partial charge in [-0.25, -0.2) is 0 Å². The quantitative estimate of drug-likeness (QED) is 0.608. The van der Waals surface area contributed by atoms with Gasteiger partial charge in [0.05, 0.1) is 0 Å². The van der Waals surface area contributed by atoms with Gasteiger partial charge in [-0.1, -0.05) is 0 Å². The highest BCUT2D eigenvalue weighted by Crippen LogP contribution is 2.30. The van der Waals surface area contributed by atoms with Gasteiger partial charge >= 0.3 is 0 Å². The first-order valence-corrected chi connectivity index (χ1v) is 4.07. The fourth-order valence-electron chi connectivity index (χ4n) is 1.20. The Bertz CT molecular complexity index is 143. The van der Waals surface area contributed by atoms with E-state index < -0.39 is 0 Å². The zero-order chi connectivity index (χ0) is 7.61. The van der Waals surface area contributed by atoms with Crippen LogP contribution in [0.5, 0.6) is 0 Å². The maximum absolute atomic E-state index is 10.8. The summed E-state index contributed by atoms with van der Waals surface area (Å²) in [6.45, 7) is 2.06. The molecular formula is C7H12ClNO. The predicted molar refractivity (Wildman–Crippen MR) is 41.1 cm³/mol. The van der Waals surface area contributed by atoms with Gasteiger partial charge in [0.25, 0.3) is 0 Å². The van der Waals surface area contributed by atoms with Crippen molar-refractivity contribution in [2.45, 2.75) is 31.7 Å². The second-order valence-corrected chi connectivity index (χ2v) is 3.36. The van der Waals surface area contributed by atoms with Gasteiger partial charge in [0, 0.05) is 5.54 Å². The Morgan fingerprint density at radius 2 is 2.30 bits per heavy atom. The lowest BCUT2D eigenvalue weighted by atomic mass is 9.78. The van der Waals surface area contributed by atoms with E-state index in [9.17, 15) is 4.79 Å². The summed E-state index contributed by atoms with van der Waals surface area (Å²) in [5, 5.41) is 2.87. The largest absolute Gasteiger partial charge is 0.350 e. The normalized spacial score (nSPS) is 21.4. The molecule has 10 heavy (non-hydrogen) atoms. The van der Waals surface area contributed by atoms with Crippen LogP contribution in [0.15, 0.2) is 0 Å². The van der Waals surface area contributed by atoms with Crippen molar-refractivity contribution in [1.29, 1.82) is 0 Å². The van der Waals surface area contributed by atoms with Crippen molar-refractivity contribution < 1.29 is 4.79 Å². The first-order valence-electron chi connectivity index (χ1n) is 3.53. The summed E-state index contributed by atoms with van der Waals surface area (Å²) in [7, 11) is 0. The molecule has 0 aromatic carbocycles. The van der Waals surface area contributed by atoms with Crippen molar-refractivity contribution in [3.05, 3.63) is 0 Å². The number of amides is 1. The number of nitrogens with one attached hydrogen (secondary N) is 1. The van der Waals surface area contributed by atoms with Crippen LogP contribution < -0.4 is 5.32 Å². The molecule has 0 radical (unpaired) electrons. The third-order valence-electron chi connectivity index (χ3n) is 2.02. The highest BCUT2D eigenvalue weighted by atomic mass is 35.5. The van der Waals surface area contributed by atoms with Crippen LogP contribution in [0.3, 0.4) is 0 Å². The van der Waals surface area contributed by atoms with Gasteiger partial charge < -0.3 is 5.32 Å². The first-order chi connectivity index (χ1) is 4.66. The Hall–Kier alpha value is -0.240. The average molecular weight is 162 g/mol. The molecule has 0 bridgehead atoms. The molecule has 0 unspecified atom stereocenters. The van der Waals surface area contributed by atoms with Gasteiger partial charge in [0.2, 0.25) is 5.91 Å². The zero-order valence-electron chi connectivity index (χ0n) is 6.11. The van der Waals surface area contributed by atoms with E-state index in [1.165, 1.54) is 6.42 Å². The zero-order valence-corrected chi connectivity index (χ0v) is 6.87. The predicted octanol–water partition coefficient (Wildman–Crippen LogP) is 1.28. The third-order valence-corrected chi connectivity index (χ3v) is 2.26. The van der Waals surface area contributed by atoms with Crippen molar-refractivity contribution in [3.8, 4) is 0 Å². The van der Waals surface area contributed by atoms with E-state index in [0.717, 1.165) is 12.8 Å². The molecule has 0 atom stereocenters. The van der Waals surface area contributed by atoms with Crippen molar-refractivity contribution in [1.82, 2.24) is 5.32 Å². The van der Waals surface area contributed by atoms with Gasteiger partial charge in [-0.3, -0.25) is 4.79 Å². The summed E-state index contributed by atoms with van der Waals surface area (Å²) in [6, 6.07) is 0. The minimum Gasteiger partial charge on any atom is -0.350 e. The molecule has 1 saturated carbocycles. The van der Waals surface area contributed by atoms with Crippen molar-refractivity contribution in [3.63, 3.8) is 0 Å². The van der Waals surface area contributed by atoms with Crippen LogP contribution >= 0.6 is 11.6 Å². The molecule has 0 heterocycles. The minimum atomic E-state index is -0.0520. The Balaban J connectivity index is 2.29. The van der Waals surface area contributed by atoms with Gasteiger partial charge in [0.1, 0.15) is 5.88 Å². The van der Waals surface area contributed by atoms with Crippen LogP contribution in [0.25, 0.3) is 0 Å². The van der Waals surface area contributed by atoms with Crippen LogP contribution in [-0.2, 0) is 4.79 Å². The lowest BCUT2D eigenvalue weighted by Crippen LogP contribution is -2.51. The SMILES string of the molecule is CC1(NC(=O)CCl)CCC1. The van der Waals surface area contributed by atoms with Crippen molar-refractivity contribution in [2.24, 2.45) is 0 Å². The average Bonchev–Trinajstić information content (AvgIpc) is 1.84. The Morgan fingerprint density at radius 1 is 1.70 bits per heavy atom. The summed E-state index contributed by atoms with van der Waals surface area (Å²) >= 11 is 5.33. The summed E-state index contributed by atoms with van der Waals surface area (Å²) in [5.41, 5.74) is 0.0615. The van der Waals surface area contributed by atoms with Crippen LogP contribution in [0.4, 0.5) is 0 Å². The summed E-state index contributed by atoms with van der Waals surface area (Å²) in [4.78, 5) is 10.8. The van der Waals surface area contributed by atoms with Crippen molar-refractivity contribution >= 4 is 17.5 Å². The molecule has 1 aliphatic rings. The van der Waals surface area contributed by atoms with E-state index in [-0.39, 0.29) is 17.3 Å². The molecular weight excluding hydrogens is 150 g/mol. The topological polar surface area (TPSA) is 29.1 Å².